The molecule has 0 aliphatic heterocycles. The number of fused-ring (bicyclic) bond motifs is 2. The van der Waals surface area contributed by atoms with Crippen LogP contribution in [0.15, 0.2) is 64.5 Å². The number of hydrogen-bond acceptors (Lipinski definition) is 4. The minimum absolute atomic E-state index is 0.132. The minimum Gasteiger partial charge on any atom is -0.267 e. The Morgan fingerprint density at radius 2 is 1.80 bits per heavy atom. The van der Waals surface area contributed by atoms with E-state index in [1.54, 1.807) is 17.8 Å². The van der Waals surface area contributed by atoms with Gasteiger partial charge in [0.15, 0.2) is 5.16 Å². The van der Waals surface area contributed by atoms with Crippen molar-refractivity contribution in [3.05, 3.63) is 65.0 Å². The predicted octanol–water partition coefficient (Wildman–Crippen LogP) is 3.93. The van der Waals surface area contributed by atoms with Gasteiger partial charge in [0.1, 0.15) is 0 Å². The summed E-state index contributed by atoms with van der Waals surface area (Å²) in [4.78, 5) is 17.6. The van der Waals surface area contributed by atoms with E-state index in [-0.39, 0.29) is 5.56 Å². The first kappa shape index (κ1) is 15.9. The number of unbranched alkanes of at least 4 members (excludes halogenated alkanes) is 1. The lowest BCUT2D eigenvalue weighted by Crippen LogP contribution is -2.16. The van der Waals surface area contributed by atoms with Gasteiger partial charge in [-0.25, -0.2) is 4.98 Å². The lowest BCUT2D eigenvalue weighted by Gasteiger charge is -2.07. The van der Waals surface area contributed by atoms with Crippen molar-refractivity contribution in [2.75, 3.05) is 5.75 Å². The SMILES string of the molecule is CCCCSc1nn2c(=O)c3ccccc3nc2n1-c1ccccc1. The Bertz CT molecular complexity index is 1090. The fourth-order valence-electron chi connectivity index (χ4n) is 2.77. The second-order valence-corrected chi connectivity index (χ2v) is 6.86. The average Bonchev–Trinajstić information content (AvgIpc) is 3.01. The van der Waals surface area contributed by atoms with Crippen LogP contribution in [-0.4, -0.2) is 24.9 Å². The normalized spacial score (nSPS) is 11.4. The first-order valence-electron chi connectivity index (χ1n) is 8.38. The van der Waals surface area contributed by atoms with Gasteiger partial charge >= 0.3 is 0 Å². The van der Waals surface area contributed by atoms with Crippen LogP contribution in [0.3, 0.4) is 0 Å². The molecule has 0 fully saturated rings. The van der Waals surface area contributed by atoms with Crippen LogP contribution in [0.25, 0.3) is 22.4 Å². The third-order valence-corrected chi connectivity index (χ3v) is 5.07. The van der Waals surface area contributed by atoms with Gasteiger partial charge in [0.2, 0.25) is 5.78 Å². The number of thioether (sulfide) groups is 1. The van der Waals surface area contributed by atoms with E-state index in [2.05, 4.69) is 12.0 Å². The molecule has 0 N–H and O–H groups in total. The lowest BCUT2D eigenvalue weighted by atomic mass is 10.2. The zero-order valence-corrected chi connectivity index (χ0v) is 14.7. The van der Waals surface area contributed by atoms with Crippen LogP contribution in [0.5, 0.6) is 0 Å². The maximum absolute atomic E-state index is 12.9. The van der Waals surface area contributed by atoms with Crippen LogP contribution < -0.4 is 5.56 Å². The van der Waals surface area contributed by atoms with Crippen molar-refractivity contribution >= 4 is 28.4 Å². The highest BCUT2D eigenvalue weighted by Gasteiger charge is 2.17. The van der Waals surface area contributed by atoms with Gasteiger partial charge in [0.05, 0.1) is 16.6 Å². The number of benzene rings is 2. The number of hydrogen-bond donors (Lipinski definition) is 0. The quantitative estimate of drug-likeness (QED) is 0.404. The van der Waals surface area contributed by atoms with Crippen molar-refractivity contribution in [3.8, 4) is 5.69 Å². The molecule has 0 radical (unpaired) electrons. The summed E-state index contributed by atoms with van der Waals surface area (Å²) in [7, 11) is 0. The van der Waals surface area contributed by atoms with E-state index < -0.39 is 0 Å². The van der Waals surface area contributed by atoms with E-state index in [1.165, 1.54) is 4.52 Å². The maximum atomic E-state index is 12.9. The molecule has 5 nitrogen and oxygen atoms in total. The van der Waals surface area contributed by atoms with E-state index in [1.807, 2.05) is 53.1 Å². The summed E-state index contributed by atoms with van der Waals surface area (Å²) in [5.74, 6) is 1.51. The van der Waals surface area contributed by atoms with Gasteiger partial charge in [0.25, 0.3) is 5.56 Å². The van der Waals surface area contributed by atoms with Gasteiger partial charge in [-0.15, -0.1) is 5.10 Å². The average molecular weight is 350 g/mol. The van der Waals surface area contributed by atoms with Crippen molar-refractivity contribution in [3.63, 3.8) is 0 Å². The van der Waals surface area contributed by atoms with Crippen LogP contribution in [-0.2, 0) is 0 Å². The number of aromatic nitrogens is 4. The van der Waals surface area contributed by atoms with E-state index in [0.29, 0.717) is 16.7 Å². The van der Waals surface area contributed by atoms with Gasteiger partial charge < -0.3 is 0 Å². The van der Waals surface area contributed by atoms with E-state index >= 15 is 0 Å². The van der Waals surface area contributed by atoms with Crippen molar-refractivity contribution in [1.29, 1.82) is 0 Å². The zero-order valence-electron chi connectivity index (χ0n) is 13.9. The molecule has 0 aliphatic carbocycles. The Morgan fingerprint density at radius 3 is 2.60 bits per heavy atom. The molecule has 2 heterocycles. The monoisotopic (exact) mass is 350 g/mol. The molecule has 126 valence electrons. The summed E-state index contributed by atoms with van der Waals surface area (Å²) < 4.78 is 3.39. The Labute approximate surface area is 149 Å². The van der Waals surface area contributed by atoms with Crippen molar-refractivity contribution in [1.82, 2.24) is 19.2 Å². The maximum Gasteiger partial charge on any atom is 0.283 e. The molecule has 0 amide bonds. The van der Waals surface area contributed by atoms with Crippen LogP contribution in [0, 0.1) is 0 Å². The van der Waals surface area contributed by atoms with Crippen LogP contribution >= 0.6 is 11.8 Å². The van der Waals surface area contributed by atoms with Crippen LogP contribution in [0.2, 0.25) is 0 Å². The highest BCUT2D eigenvalue weighted by molar-refractivity contribution is 7.99. The highest BCUT2D eigenvalue weighted by Crippen LogP contribution is 2.24. The van der Waals surface area contributed by atoms with Crippen molar-refractivity contribution in [2.24, 2.45) is 0 Å². The molecule has 0 saturated heterocycles. The van der Waals surface area contributed by atoms with Gasteiger partial charge in [-0.3, -0.25) is 9.36 Å². The molecule has 2 aromatic heterocycles. The largest absolute Gasteiger partial charge is 0.283 e. The molecular weight excluding hydrogens is 332 g/mol. The Hall–Kier alpha value is -2.60. The molecule has 0 saturated carbocycles. The molecule has 0 bridgehead atoms. The summed E-state index contributed by atoms with van der Waals surface area (Å²) in [6.45, 7) is 2.17. The summed E-state index contributed by atoms with van der Waals surface area (Å²) in [6.07, 6.45) is 2.23. The van der Waals surface area contributed by atoms with Gasteiger partial charge in [-0.1, -0.05) is 55.4 Å². The summed E-state index contributed by atoms with van der Waals surface area (Å²) in [6, 6.07) is 17.3. The molecule has 6 heteroatoms. The van der Waals surface area contributed by atoms with E-state index in [4.69, 9.17) is 4.98 Å². The van der Waals surface area contributed by atoms with E-state index in [9.17, 15) is 4.79 Å². The zero-order chi connectivity index (χ0) is 17.2. The summed E-state index contributed by atoms with van der Waals surface area (Å²) in [5, 5.41) is 5.96. The second kappa shape index (κ2) is 6.72. The molecule has 2 aromatic carbocycles. The second-order valence-electron chi connectivity index (χ2n) is 5.80. The Kier molecular flexibility index (Phi) is 4.28. The van der Waals surface area contributed by atoms with Crippen molar-refractivity contribution in [2.45, 2.75) is 24.9 Å². The summed E-state index contributed by atoms with van der Waals surface area (Å²) in [5.41, 5.74) is 1.51. The van der Waals surface area contributed by atoms with Gasteiger partial charge in [-0.05, 0) is 30.7 Å². The molecular formula is C19H18N4OS. The molecule has 25 heavy (non-hydrogen) atoms. The number of rotatable bonds is 5. The third kappa shape index (κ3) is 2.82. The Balaban J connectivity index is 2.01. The topological polar surface area (TPSA) is 52.2 Å². The minimum atomic E-state index is -0.132. The molecule has 0 aliphatic rings. The highest BCUT2D eigenvalue weighted by atomic mass is 32.2. The van der Waals surface area contributed by atoms with Gasteiger partial charge in [0, 0.05) is 5.75 Å². The molecule has 4 aromatic rings. The molecule has 0 spiro atoms. The Morgan fingerprint density at radius 1 is 1.04 bits per heavy atom. The number of para-hydroxylation sites is 2. The fraction of sp³-hybridized carbons (Fsp3) is 0.211. The third-order valence-electron chi connectivity index (χ3n) is 4.06. The standard InChI is InChI=1S/C19H18N4OS/c1-2-3-13-25-19-21-23-17(24)15-11-7-8-12-16(15)20-18(23)22(19)14-9-5-4-6-10-14/h4-12H,2-3,13H2,1H3. The fourth-order valence-corrected chi connectivity index (χ4v) is 3.84. The first-order valence-corrected chi connectivity index (χ1v) is 9.37. The summed E-state index contributed by atoms with van der Waals surface area (Å²) >= 11 is 1.66. The van der Waals surface area contributed by atoms with Crippen molar-refractivity contribution < 1.29 is 0 Å². The molecule has 4 rings (SSSR count). The van der Waals surface area contributed by atoms with E-state index in [0.717, 1.165) is 29.4 Å². The number of nitrogens with zero attached hydrogens (tertiary/aromatic N) is 4. The first-order chi connectivity index (χ1) is 12.3. The smallest absolute Gasteiger partial charge is 0.267 e. The van der Waals surface area contributed by atoms with Crippen LogP contribution in [0.1, 0.15) is 19.8 Å². The van der Waals surface area contributed by atoms with Gasteiger partial charge in [-0.2, -0.15) is 4.52 Å². The van der Waals surface area contributed by atoms with Crippen LogP contribution in [0.4, 0.5) is 0 Å². The lowest BCUT2D eigenvalue weighted by molar-refractivity contribution is 0.834. The predicted molar refractivity (Wildman–Crippen MR) is 102 cm³/mol. The molecule has 0 unspecified atom stereocenters. The molecule has 0 atom stereocenters.